The molecule has 0 atom stereocenters. The van der Waals surface area contributed by atoms with Crippen molar-refractivity contribution in [1.82, 2.24) is 15.2 Å². The molecule has 0 aromatic carbocycles. The van der Waals surface area contributed by atoms with Crippen LogP contribution in [-0.4, -0.2) is 15.2 Å². The second-order valence-electron chi connectivity index (χ2n) is 2.45. The average Bonchev–Trinajstić information content (AvgIpc) is 2.71. The van der Waals surface area contributed by atoms with Crippen molar-refractivity contribution in [1.29, 1.82) is 0 Å². The smallest absolute Gasteiger partial charge is 0.259 e. The Morgan fingerprint density at radius 3 is 2.92 bits per heavy atom. The molecule has 2 N–H and O–H groups in total. The molecule has 2 heterocycles. The predicted octanol–water partition coefficient (Wildman–Crippen LogP) is 0.960. The van der Waals surface area contributed by atoms with Crippen LogP contribution in [0.4, 0.5) is 0 Å². The molecule has 5 nitrogen and oxygen atoms in total. The van der Waals surface area contributed by atoms with Gasteiger partial charge in [0.2, 0.25) is 5.89 Å². The normalized spacial score (nSPS) is 10.6. The van der Waals surface area contributed by atoms with Crippen molar-refractivity contribution in [3.8, 4) is 10.8 Å². The van der Waals surface area contributed by atoms with Crippen molar-refractivity contribution >= 4 is 11.3 Å². The van der Waals surface area contributed by atoms with E-state index < -0.39 is 0 Å². The molecule has 0 amide bonds. The molecule has 0 aliphatic rings. The average molecular weight is 196 g/mol. The van der Waals surface area contributed by atoms with Gasteiger partial charge >= 0.3 is 0 Å². The highest BCUT2D eigenvalue weighted by Crippen LogP contribution is 2.23. The van der Waals surface area contributed by atoms with E-state index in [2.05, 4.69) is 15.2 Å². The van der Waals surface area contributed by atoms with E-state index in [4.69, 9.17) is 10.2 Å². The summed E-state index contributed by atoms with van der Waals surface area (Å²) >= 11 is 1.52. The first kappa shape index (κ1) is 8.33. The molecule has 0 radical (unpaired) electrons. The van der Waals surface area contributed by atoms with Crippen LogP contribution in [-0.2, 0) is 6.54 Å². The van der Waals surface area contributed by atoms with Crippen molar-refractivity contribution in [3.05, 3.63) is 17.1 Å². The first-order valence-corrected chi connectivity index (χ1v) is 4.56. The second-order valence-corrected chi connectivity index (χ2v) is 3.68. The van der Waals surface area contributed by atoms with E-state index in [0.717, 1.165) is 9.88 Å². The minimum absolute atomic E-state index is 0.269. The number of aromatic nitrogens is 3. The van der Waals surface area contributed by atoms with E-state index in [1.165, 1.54) is 11.3 Å². The van der Waals surface area contributed by atoms with Gasteiger partial charge in [-0.15, -0.1) is 21.5 Å². The topological polar surface area (TPSA) is 77.8 Å². The summed E-state index contributed by atoms with van der Waals surface area (Å²) in [6, 6.07) is 0. The minimum atomic E-state index is 0.269. The lowest BCUT2D eigenvalue weighted by Crippen LogP contribution is -1.95. The number of nitrogens with zero attached hydrogens (tertiary/aromatic N) is 3. The molecule has 0 aliphatic heterocycles. The van der Waals surface area contributed by atoms with Crippen LogP contribution in [0.2, 0.25) is 0 Å². The standard InChI is InChI=1S/C7H8N4OS/c1-4-9-3-5(13-4)7-11-10-6(2-8)12-7/h3H,2,8H2,1H3. The van der Waals surface area contributed by atoms with Gasteiger partial charge in [0.05, 0.1) is 17.7 Å². The second kappa shape index (κ2) is 3.23. The fraction of sp³-hybridized carbons (Fsp3) is 0.286. The van der Waals surface area contributed by atoms with Gasteiger partial charge in [-0.05, 0) is 6.92 Å². The van der Waals surface area contributed by atoms with Crippen LogP contribution >= 0.6 is 11.3 Å². The van der Waals surface area contributed by atoms with Crippen LogP contribution in [0.25, 0.3) is 10.8 Å². The Morgan fingerprint density at radius 2 is 2.38 bits per heavy atom. The molecule has 6 heteroatoms. The Hall–Kier alpha value is -1.27. The van der Waals surface area contributed by atoms with Crippen LogP contribution in [0.15, 0.2) is 10.6 Å². The molecule has 2 aromatic rings. The summed E-state index contributed by atoms with van der Waals surface area (Å²) in [5.41, 5.74) is 5.34. The number of rotatable bonds is 2. The minimum Gasteiger partial charge on any atom is -0.418 e. The highest BCUT2D eigenvalue weighted by atomic mass is 32.1. The number of hydrogen-bond donors (Lipinski definition) is 1. The molecular formula is C7H8N4OS. The van der Waals surface area contributed by atoms with Crippen LogP contribution < -0.4 is 5.73 Å². The van der Waals surface area contributed by atoms with Gasteiger partial charge in [0.1, 0.15) is 4.88 Å². The van der Waals surface area contributed by atoms with E-state index >= 15 is 0 Å². The van der Waals surface area contributed by atoms with Crippen LogP contribution in [0.5, 0.6) is 0 Å². The van der Waals surface area contributed by atoms with Gasteiger partial charge in [0.15, 0.2) is 0 Å². The van der Waals surface area contributed by atoms with Gasteiger partial charge in [-0.25, -0.2) is 4.98 Å². The Kier molecular flexibility index (Phi) is 2.07. The first-order valence-electron chi connectivity index (χ1n) is 3.75. The first-order chi connectivity index (χ1) is 6.29. The molecule has 0 aliphatic carbocycles. The van der Waals surface area contributed by atoms with E-state index in [9.17, 15) is 0 Å². The van der Waals surface area contributed by atoms with Gasteiger partial charge in [-0.3, -0.25) is 0 Å². The Balaban J connectivity index is 2.35. The molecule has 0 bridgehead atoms. The Bertz CT molecular complexity index is 408. The summed E-state index contributed by atoms with van der Waals surface area (Å²) in [4.78, 5) is 4.97. The van der Waals surface area contributed by atoms with E-state index in [-0.39, 0.29) is 6.54 Å². The molecule has 13 heavy (non-hydrogen) atoms. The fourth-order valence-electron chi connectivity index (χ4n) is 0.896. The number of nitrogens with two attached hydrogens (primary N) is 1. The predicted molar refractivity (Wildman–Crippen MR) is 48.0 cm³/mol. The van der Waals surface area contributed by atoms with Crippen molar-refractivity contribution in [2.45, 2.75) is 13.5 Å². The molecule has 2 aromatic heterocycles. The number of thiazole rings is 1. The zero-order valence-electron chi connectivity index (χ0n) is 7.02. The van der Waals surface area contributed by atoms with E-state index in [1.54, 1.807) is 6.20 Å². The third kappa shape index (κ3) is 1.58. The molecule has 0 saturated carbocycles. The zero-order chi connectivity index (χ0) is 9.26. The lowest BCUT2D eigenvalue weighted by atomic mass is 10.5. The van der Waals surface area contributed by atoms with Crippen LogP contribution in [0.3, 0.4) is 0 Å². The highest BCUT2D eigenvalue weighted by molar-refractivity contribution is 7.14. The van der Waals surface area contributed by atoms with Crippen LogP contribution in [0.1, 0.15) is 10.9 Å². The third-order valence-electron chi connectivity index (χ3n) is 1.47. The largest absolute Gasteiger partial charge is 0.418 e. The SMILES string of the molecule is Cc1ncc(-c2nnc(CN)o2)s1. The molecule has 0 fully saturated rings. The molecule has 0 unspecified atom stereocenters. The lowest BCUT2D eigenvalue weighted by molar-refractivity contribution is 0.509. The van der Waals surface area contributed by atoms with Crippen molar-refractivity contribution in [3.63, 3.8) is 0 Å². The van der Waals surface area contributed by atoms with Gasteiger partial charge in [0.25, 0.3) is 5.89 Å². The van der Waals surface area contributed by atoms with E-state index in [0.29, 0.717) is 11.8 Å². The summed E-state index contributed by atoms with van der Waals surface area (Å²) < 4.78 is 5.26. The summed E-state index contributed by atoms with van der Waals surface area (Å²) in [6.45, 7) is 2.19. The van der Waals surface area contributed by atoms with Gasteiger partial charge in [0, 0.05) is 0 Å². The fourth-order valence-corrected chi connectivity index (χ4v) is 1.59. The monoisotopic (exact) mass is 196 g/mol. The summed E-state index contributed by atoms with van der Waals surface area (Å²) in [5, 5.41) is 8.58. The highest BCUT2D eigenvalue weighted by Gasteiger charge is 2.09. The summed E-state index contributed by atoms with van der Waals surface area (Å²) in [7, 11) is 0. The lowest BCUT2D eigenvalue weighted by Gasteiger charge is -1.84. The maximum Gasteiger partial charge on any atom is 0.259 e. The molecular weight excluding hydrogens is 188 g/mol. The van der Waals surface area contributed by atoms with Gasteiger partial charge < -0.3 is 10.2 Å². The van der Waals surface area contributed by atoms with Crippen LogP contribution in [0, 0.1) is 6.92 Å². The van der Waals surface area contributed by atoms with Crippen molar-refractivity contribution < 1.29 is 4.42 Å². The maximum atomic E-state index is 5.34. The molecule has 2 rings (SSSR count). The third-order valence-corrected chi connectivity index (χ3v) is 2.37. The molecule has 0 spiro atoms. The Labute approximate surface area is 78.6 Å². The van der Waals surface area contributed by atoms with E-state index in [1.807, 2.05) is 6.92 Å². The summed E-state index contributed by atoms with van der Waals surface area (Å²) in [6.07, 6.45) is 1.72. The quantitative estimate of drug-likeness (QED) is 0.774. The Morgan fingerprint density at radius 1 is 1.54 bits per heavy atom. The van der Waals surface area contributed by atoms with Gasteiger partial charge in [-0.1, -0.05) is 0 Å². The van der Waals surface area contributed by atoms with Crippen molar-refractivity contribution in [2.24, 2.45) is 5.73 Å². The number of aryl methyl sites for hydroxylation is 1. The van der Waals surface area contributed by atoms with Gasteiger partial charge in [-0.2, -0.15) is 0 Å². The van der Waals surface area contributed by atoms with Crippen molar-refractivity contribution in [2.75, 3.05) is 0 Å². The number of hydrogen-bond acceptors (Lipinski definition) is 6. The zero-order valence-corrected chi connectivity index (χ0v) is 7.84. The summed E-state index contributed by atoms with van der Waals surface area (Å²) in [5.74, 6) is 0.937. The maximum absolute atomic E-state index is 5.34. The molecule has 68 valence electrons. The molecule has 0 saturated heterocycles.